The van der Waals surface area contributed by atoms with Crippen LogP contribution in [0.3, 0.4) is 0 Å². The second-order valence-electron chi connectivity index (χ2n) is 3.59. The molecule has 0 fully saturated rings. The molecule has 0 aliphatic heterocycles. The number of hydrogen-bond donors (Lipinski definition) is 1. The van der Waals surface area contributed by atoms with Gasteiger partial charge in [-0.05, 0) is 29.8 Å². The summed E-state index contributed by atoms with van der Waals surface area (Å²) in [4.78, 5) is 0. The van der Waals surface area contributed by atoms with Gasteiger partial charge in [-0.25, -0.2) is 0 Å². The lowest BCUT2D eigenvalue weighted by molar-refractivity contribution is 0.220. The van der Waals surface area contributed by atoms with Gasteiger partial charge >= 0.3 is 0 Å². The number of aliphatic hydroxyl groups is 1. The maximum atomic E-state index is 10.2. The van der Waals surface area contributed by atoms with E-state index in [2.05, 4.69) is 0 Å². The van der Waals surface area contributed by atoms with Crippen molar-refractivity contribution in [3.8, 4) is 0 Å². The van der Waals surface area contributed by atoms with E-state index in [-0.39, 0.29) is 0 Å². The SMILES string of the molecule is OC(c1ccc(Cl)cc1)c1c(Cl)cccc1Cl. The number of hydrogen-bond acceptors (Lipinski definition) is 1. The summed E-state index contributed by atoms with van der Waals surface area (Å²) in [5.74, 6) is 0. The zero-order valence-corrected chi connectivity index (χ0v) is 11.0. The predicted octanol–water partition coefficient (Wildman–Crippen LogP) is 4.73. The first-order valence-electron chi connectivity index (χ1n) is 4.97. The number of aliphatic hydroxyl groups excluding tert-OH is 1. The Morgan fingerprint density at radius 3 is 1.88 bits per heavy atom. The summed E-state index contributed by atoms with van der Waals surface area (Å²) in [7, 11) is 0. The normalized spacial score (nSPS) is 12.5. The molecule has 0 bridgehead atoms. The summed E-state index contributed by atoms with van der Waals surface area (Å²) in [5.41, 5.74) is 1.21. The van der Waals surface area contributed by atoms with E-state index in [4.69, 9.17) is 34.8 Å². The second-order valence-corrected chi connectivity index (χ2v) is 4.84. The van der Waals surface area contributed by atoms with Crippen molar-refractivity contribution in [3.63, 3.8) is 0 Å². The van der Waals surface area contributed by atoms with Gasteiger partial charge in [0.25, 0.3) is 0 Å². The third-order valence-corrected chi connectivity index (χ3v) is 3.37. The average molecular weight is 288 g/mol. The van der Waals surface area contributed by atoms with E-state index < -0.39 is 6.10 Å². The first-order chi connectivity index (χ1) is 8.09. The van der Waals surface area contributed by atoms with Crippen LogP contribution in [0.4, 0.5) is 0 Å². The molecule has 0 aliphatic carbocycles. The topological polar surface area (TPSA) is 20.2 Å². The van der Waals surface area contributed by atoms with E-state index >= 15 is 0 Å². The number of rotatable bonds is 2. The molecule has 1 atom stereocenters. The minimum Gasteiger partial charge on any atom is -0.384 e. The van der Waals surface area contributed by atoms with E-state index in [0.717, 1.165) is 0 Å². The Morgan fingerprint density at radius 1 is 0.824 bits per heavy atom. The van der Waals surface area contributed by atoms with Crippen molar-refractivity contribution >= 4 is 34.8 Å². The number of halogens is 3. The Labute approximate surface area is 115 Å². The molecule has 88 valence electrons. The van der Waals surface area contributed by atoms with Crippen LogP contribution in [0.25, 0.3) is 0 Å². The largest absolute Gasteiger partial charge is 0.384 e. The van der Waals surface area contributed by atoms with Crippen LogP contribution in [0.5, 0.6) is 0 Å². The van der Waals surface area contributed by atoms with Crippen molar-refractivity contribution in [2.24, 2.45) is 0 Å². The Kier molecular flexibility index (Phi) is 3.95. The Bertz CT molecular complexity index is 502. The minimum absolute atomic E-state index is 0.444. The van der Waals surface area contributed by atoms with Crippen molar-refractivity contribution < 1.29 is 5.11 Å². The van der Waals surface area contributed by atoms with Gasteiger partial charge in [-0.2, -0.15) is 0 Å². The van der Waals surface area contributed by atoms with Crippen LogP contribution in [-0.2, 0) is 0 Å². The van der Waals surface area contributed by atoms with E-state index in [1.165, 1.54) is 0 Å². The summed E-state index contributed by atoms with van der Waals surface area (Å²) in [5, 5.41) is 11.7. The van der Waals surface area contributed by atoms with E-state index in [1.54, 1.807) is 42.5 Å². The monoisotopic (exact) mass is 286 g/mol. The molecule has 1 N–H and O–H groups in total. The molecule has 17 heavy (non-hydrogen) atoms. The fourth-order valence-electron chi connectivity index (χ4n) is 1.58. The van der Waals surface area contributed by atoms with Gasteiger partial charge in [-0.3, -0.25) is 0 Å². The third kappa shape index (κ3) is 2.75. The molecule has 0 heterocycles. The zero-order chi connectivity index (χ0) is 12.4. The smallest absolute Gasteiger partial charge is 0.107 e. The lowest BCUT2D eigenvalue weighted by atomic mass is 10.0. The van der Waals surface area contributed by atoms with Crippen LogP contribution < -0.4 is 0 Å². The molecule has 0 amide bonds. The molecule has 0 aliphatic rings. The third-order valence-electron chi connectivity index (χ3n) is 2.46. The van der Waals surface area contributed by atoms with Crippen LogP contribution in [0, 0.1) is 0 Å². The fraction of sp³-hybridized carbons (Fsp3) is 0.0769. The zero-order valence-electron chi connectivity index (χ0n) is 8.70. The van der Waals surface area contributed by atoms with Gasteiger partial charge in [0.05, 0.1) is 0 Å². The van der Waals surface area contributed by atoms with Gasteiger partial charge in [-0.1, -0.05) is 53.0 Å². The number of benzene rings is 2. The van der Waals surface area contributed by atoms with Crippen molar-refractivity contribution in [1.29, 1.82) is 0 Å². The molecule has 2 rings (SSSR count). The maximum absolute atomic E-state index is 10.2. The van der Waals surface area contributed by atoms with Crippen molar-refractivity contribution in [2.45, 2.75) is 6.10 Å². The van der Waals surface area contributed by atoms with Crippen LogP contribution in [0.2, 0.25) is 15.1 Å². The van der Waals surface area contributed by atoms with Gasteiger partial charge in [0.1, 0.15) is 6.10 Å². The summed E-state index contributed by atoms with van der Waals surface area (Å²) < 4.78 is 0. The lowest BCUT2D eigenvalue weighted by Gasteiger charge is -2.14. The molecule has 4 heteroatoms. The average Bonchev–Trinajstić information content (AvgIpc) is 2.29. The molecule has 2 aromatic rings. The predicted molar refractivity (Wildman–Crippen MR) is 72.0 cm³/mol. The van der Waals surface area contributed by atoms with E-state index in [9.17, 15) is 5.11 Å². The molecule has 1 nitrogen and oxygen atoms in total. The first-order valence-corrected chi connectivity index (χ1v) is 6.10. The molecule has 0 saturated carbocycles. The van der Waals surface area contributed by atoms with Crippen LogP contribution >= 0.6 is 34.8 Å². The fourth-order valence-corrected chi connectivity index (χ4v) is 2.31. The Morgan fingerprint density at radius 2 is 1.35 bits per heavy atom. The molecule has 1 unspecified atom stereocenters. The van der Waals surface area contributed by atoms with Crippen molar-refractivity contribution in [1.82, 2.24) is 0 Å². The highest BCUT2D eigenvalue weighted by Crippen LogP contribution is 2.34. The maximum Gasteiger partial charge on any atom is 0.107 e. The van der Waals surface area contributed by atoms with Crippen LogP contribution in [0.15, 0.2) is 42.5 Å². The standard InChI is InChI=1S/C13H9Cl3O/c14-9-6-4-8(5-7-9)13(17)12-10(15)2-1-3-11(12)16/h1-7,13,17H. The Balaban J connectivity index is 2.43. The molecule has 2 aromatic carbocycles. The molecule has 0 aromatic heterocycles. The van der Waals surface area contributed by atoms with E-state index in [1.807, 2.05) is 0 Å². The van der Waals surface area contributed by atoms with Crippen LogP contribution in [0.1, 0.15) is 17.2 Å². The molecular weight excluding hydrogens is 279 g/mol. The second kappa shape index (κ2) is 5.28. The molecule has 0 saturated heterocycles. The molecule has 0 radical (unpaired) electrons. The van der Waals surface area contributed by atoms with Gasteiger partial charge in [0, 0.05) is 20.6 Å². The summed E-state index contributed by atoms with van der Waals surface area (Å²) in [6.45, 7) is 0. The highest BCUT2D eigenvalue weighted by molar-refractivity contribution is 6.36. The summed E-state index contributed by atoms with van der Waals surface area (Å²) >= 11 is 17.9. The highest BCUT2D eigenvalue weighted by atomic mass is 35.5. The molecule has 0 spiro atoms. The minimum atomic E-state index is -0.853. The molecular formula is C13H9Cl3O. The van der Waals surface area contributed by atoms with Gasteiger partial charge in [0.15, 0.2) is 0 Å². The first kappa shape index (κ1) is 12.7. The Hall–Kier alpha value is -0.730. The van der Waals surface area contributed by atoms with Crippen molar-refractivity contribution in [2.75, 3.05) is 0 Å². The summed E-state index contributed by atoms with van der Waals surface area (Å²) in [6, 6.07) is 12.0. The quantitative estimate of drug-likeness (QED) is 0.846. The highest BCUT2D eigenvalue weighted by Gasteiger charge is 2.16. The van der Waals surface area contributed by atoms with E-state index in [0.29, 0.717) is 26.2 Å². The summed E-state index contributed by atoms with van der Waals surface area (Å²) in [6.07, 6.45) is -0.853. The van der Waals surface area contributed by atoms with Crippen LogP contribution in [-0.4, -0.2) is 5.11 Å². The van der Waals surface area contributed by atoms with Gasteiger partial charge < -0.3 is 5.11 Å². The van der Waals surface area contributed by atoms with Gasteiger partial charge in [-0.15, -0.1) is 0 Å². The lowest BCUT2D eigenvalue weighted by Crippen LogP contribution is -2.01. The van der Waals surface area contributed by atoms with Gasteiger partial charge in [0.2, 0.25) is 0 Å². The van der Waals surface area contributed by atoms with Crippen molar-refractivity contribution in [3.05, 3.63) is 68.7 Å².